The van der Waals surface area contributed by atoms with Crippen LogP contribution < -0.4 is 11.5 Å². The van der Waals surface area contributed by atoms with Gasteiger partial charge in [-0.25, -0.2) is 8.42 Å². The first-order chi connectivity index (χ1) is 8.79. The van der Waals surface area contributed by atoms with Crippen LogP contribution in [0.25, 0.3) is 0 Å². The van der Waals surface area contributed by atoms with E-state index in [1.54, 1.807) is 12.1 Å². The number of benzene rings is 1. The summed E-state index contributed by atoms with van der Waals surface area (Å²) in [5.41, 5.74) is 11.2. The van der Waals surface area contributed by atoms with Crippen molar-refractivity contribution in [3.05, 3.63) is 29.3 Å². The lowest BCUT2D eigenvalue weighted by Crippen LogP contribution is -2.24. The number of guanidine groups is 1. The third-order valence-electron chi connectivity index (χ3n) is 2.91. The summed E-state index contributed by atoms with van der Waals surface area (Å²) < 4.78 is 23.6. The van der Waals surface area contributed by atoms with Gasteiger partial charge in [0.2, 0.25) is 0 Å². The van der Waals surface area contributed by atoms with Crippen molar-refractivity contribution < 1.29 is 13.2 Å². The summed E-state index contributed by atoms with van der Waals surface area (Å²) in [6.45, 7) is 0. The molecule has 2 rings (SSSR count). The van der Waals surface area contributed by atoms with Crippen LogP contribution in [0.2, 0.25) is 0 Å². The fraction of sp³-hybridized carbons (Fsp3) is 0.333. The molecule has 0 radical (unpaired) electrons. The molecule has 102 valence electrons. The highest BCUT2D eigenvalue weighted by atomic mass is 32.2. The van der Waals surface area contributed by atoms with E-state index in [0.29, 0.717) is 0 Å². The van der Waals surface area contributed by atoms with Gasteiger partial charge in [0.1, 0.15) is 0 Å². The van der Waals surface area contributed by atoms with Gasteiger partial charge in [0.05, 0.1) is 4.90 Å². The van der Waals surface area contributed by atoms with E-state index in [0.717, 1.165) is 24.7 Å². The number of hydrogen-bond acceptors (Lipinski definition) is 3. The van der Waals surface area contributed by atoms with Crippen molar-refractivity contribution in [1.29, 1.82) is 0 Å². The zero-order chi connectivity index (χ0) is 14.2. The Hall–Kier alpha value is -1.89. The molecule has 1 aliphatic rings. The largest absolute Gasteiger partial charge is 0.370 e. The number of aliphatic imine (C=N–C) groups is 1. The quantitative estimate of drug-likeness (QED) is 0.614. The van der Waals surface area contributed by atoms with E-state index in [1.807, 2.05) is 0 Å². The molecule has 0 spiro atoms. The molecule has 6 nitrogen and oxygen atoms in total. The molecule has 0 heterocycles. The fourth-order valence-electron chi connectivity index (χ4n) is 1.90. The van der Waals surface area contributed by atoms with Crippen LogP contribution in [-0.2, 0) is 9.84 Å². The minimum atomic E-state index is -3.39. The van der Waals surface area contributed by atoms with Crippen molar-refractivity contribution in [2.45, 2.75) is 23.7 Å². The van der Waals surface area contributed by atoms with Crippen molar-refractivity contribution >= 4 is 21.7 Å². The van der Waals surface area contributed by atoms with Crippen LogP contribution in [0.15, 0.2) is 28.1 Å². The Morgan fingerprint density at radius 1 is 1.32 bits per heavy atom. The van der Waals surface area contributed by atoms with E-state index in [1.165, 1.54) is 6.07 Å². The molecule has 19 heavy (non-hydrogen) atoms. The molecular weight excluding hydrogens is 266 g/mol. The van der Waals surface area contributed by atoms with Gasteiger partial charge in [-0.1, -0.05) is 6.07 Å². The predicted octanol–water partition coefficient (Wildman–Crippen LogP) is 0.381. The molecule has 1 amide bonds. The first-order valence-electron chi connectivity index (χ1n) is 5.77. The highest BCUT2D eigenvalue weighted by Crippen LogP contribution is 2.43. The lowest BCUT2D eigenvalue weighted by molar-refractivity contribution is 0.100. The molecule has 7 heteroatoms. The summed E-state index contributed by atoms with van der Waals surface area (Å²) in [5.74, 6) is -0.721. The topological polar surface area (TPSA) is 116 Å². The Labute approximate surface area is 111 Å². The van der Waals surface area contributed by atoms with Gasteiger partial charge in [0, 0.05) is 11.8 Å². The van der Waals surface area contributed by atoms with Crippen molar-refractivity contribution in [3.8, 4) is 0 Å². The van der Waals surface area contributed by atoms with Crippen LogP contribution in [0.1, 0.15) is 34.7 Å². The van der Waals surface area contributed by atoms with Crippen molar-refractivity contribution in [2.24, 2.45) is 16.5 Å². The summed E-state index contributed by atoms with van der Waals surface area (Å²) in [7, 11) is -3.39. The summed E-state index contributed by atoms with van der Waals surface area (Å²) in [4.78, 5) is 15.3. The normalized spacial score (nSPS) is 15.0. The third-order valence-corrected chi connectivity index (χ3v) is 4.06. The lowest BCUT2D eigenvalue weighted by Gasteiger charge is -2.08. The molecule has 4 N–H and O–H groups in total. The number of sulfone groups is 1. The van der Waals surface area contributed by atoms with Gasteiger partial charge in [-0.2, -0.15) is 4.99 Å². The minimum absolute atomic E-state index is 0.165. The van der Waals surface area contributed by atoms with E-state index in [4.69, 9.17) is 11.5 Å². The van der Waals surface area contributed by atoms with E-state index in [9.17, 15) is 13.2 Å². The molecule has 1 aliphatic carbocycles. The monoisotopic (exact) mass is 281 g/mol. The second-order valence-corrected chi connectivity index (χ2v) is 6.63. The molecule has 0 aromatic heterocycles. The van der Waals surface area contributed by atoms with Gasteiger partial charge in [0.25, 0.3) is 5.91 Å². The summed E-state index contributed by atoms with van der Waals surface area (Å²) in [5, 5.41) is 0. The number of rotatable bonds is 3. The number of carbonyl (C=O) groups excluding carboxylic acids is 1. The average Bonchev–Trinajstić information content (AvgIpc) is 3.09. The van der Waals surface area contributed by atoms with E-state index < -0.39 is 15.7 Å². The zero-order valence-corrected chi connectivity index (χ0v) is 11.3. The molecule has 0 unspecified atom stereocenters. The number of amides is 1. The van der Waals surface area contributed by atoms with Crippen LogP contribution in [0, 0.1) is 0 Å². The predicted molar refractivity (Wildman–Crippen MR) is 71.7 cm³/mol. The van der Waals surface area contributed by atoms with Crippen LogP contribution in [0.5, 0.6) is 0 Å². The maximum absolute atomic E-state index is 11.8. The van der Waals surface area contributed by atoms with E-state index in [2.05, 4.69) is 4.99 Å². The smallest absolute Gasteiger partial charge is 0.280 e. The molecule has 0 atom stereocenters. The Morgan fingerprint density at radius 3 is 2.42 bits per heavy atom. The van der Waals surface area contributed by atoms with Gasteiger partial charge < -0.3 is 11.5 Å². The molecule has 1 fully saturated rings. The summed E-state index contributed by atoms with van der Waals surface area (Å²) in [6.07, 6.45) is 3.08. The maximum Gasteiger partial charge on any atom is 0.280 e. The average molecular weight is 281 g/mol. The molecule has 0 saturated heterocycles. The van der Waals surface area contributed by atoms with E-state index in [-0.39, 0.29) is 22.3 Å². The summed E-state index contributed by atoms with van der Waals surface area (Å²) >= 11 is 0. The molecule has 0 aliphatic heterocycles. The maximum atomic E-state index is 11.8. The molecule has 1 aromatic carbocycles. The van der Waals surface area contributed by atoms with Crippen molar-refractivity contribution in [3.63, 3.8) is 0 Å². The zero-order valence-electron chi connectivity index (χ0n) is 10.5. The molecule has 1 saturated carbocycles. The minimum Gasteiger partial charge on any atom is -0.370 e. The lowest BCUT2D eigenvalue weighted by atomic mass is 10.1. The SMILES string of the molecule is CS(=O)(=O)c1cc(C(=O)N=C(N)N)ccc1C1CC1. The number of carbonyl (C=O) groups is 1. The molecule has 0 bridgehead atoms. The van der Waals surface area contributed by atoms with Gasteiger partial charge in [-0.3, -0.25) is 4.79 Å². The van der Waals surface area contributed by atoms with Crippen LogP contribution in [0.3, 0.4) is 0 Å². The molecule has 1 aromatic rings. The highest BCUT2D eigenvalue weighted by Gasteiger charge is 2.29. The second kappa shape index (κ2) is 4.65. The standard InChI is InChI=1S/C12H15N3O3S/c1-19(17,18)10-6-8(11(16)15-12(13)14)4-5-9(10)7-2-3-7/h4-7H,2-3H2,1H3,(H4,13,14,15,16). The van der Waals surface area contributed by atoms with Crippen LogP contribution in [0.4, 0.5) is 0 Å². The van der Waals surface area contributed by atoms with Crippen molar-refractivity contribution in [1.82, 2.24) is 0 Å². The van der Waals surface area contributed by atoms with Gasteiger partial charge >= 0.3 is 0 Å². The first-order valence-corrected chi connectivity index (χ1v) is 7.66. The van der Waals surface area contributed by atoms with Crippen LogP contribution in [-0.4, -0.2) is 26.5 Å². The van der Waals surface area contributed by atoms with Gasteiger partial charge in [-0.05, 0) is 36.5 Å². The number of hydrogen-bond donors (Lipinski definition) is 2. The number of nitrogens with two attached hydrogens (primary N) is 2. The highest BCUT2D eigenvalue weighted by molar-refractivity contribution is 7.90. The number of nitrogens with zero attached hydrogens (tertiary/aromatic N) is 1. The second-order valence-electron chi connectivity index (χ2n) is 4.64. The first kappa shape index (κ1) is 13.5. The van der Waals surface area contributed by atoms with Crippen LogP contribution >= 0.6 is 0 Å². The third kappa shape index (κ3) is 3.11. The Balaban J connectivity index is 2.50. The molecular formula is C12H15N3O3S. The Morgan fingerprint density at radius 2 is 1.95 bits per heavy atom. The van der Waals surface area contributed by atoms with E-state index >= 15 is 0 Å². The Bertz CT molecular complexity index is 657. The van der Waals surface area contributed by atoms with Gasteiger partial charge in [-0.15, -0.1) is 0 Å². The summed E-state index contributed by atoms with van der Waals surface area (Å²) in [6, 6.07) is 4.57. The van der Waals surface area contributed by atoms with Crippen molar-refractivity contribution in [2.75, 3.05) is 6.26 Å². The Kier molecular flexibility index (Phi) is 3.32. The van der Waals surface area contributed by atoms with Gasteiger partial charge in [0.15, 0.2) is 15.8 Å². The fourth-order valence-corrected chi connectivity index (χ4v) is 2.91.